The summed E-state index contributed by atoms with van der Waals surface area (Å²) in [6, 6.07) is 18.7. The van der Waals surface area contributed by atoms with Gasteiger partial charge in [-0.1, -0.05) is 30.3 Å². The smallest absolute Gasteiger partial charge is 0.335 e. The molecule has 2 aliphatic rings. The fraction of sp³-hybridized carbons (Fsp3) is 0.375. The molecule has 16 nitrogen and oxygen atoms in total. The zero-order chi connectivity index (χ0) is 41.2. The topological polar surface area (TPSA) is 220 Å². The van der Waals surface area contributed by atoms with Gasteiger partial charge in [0.1, 0.15) is 41.4 Å². The van der Waals surface area contributed by atoms with Gasteiger partial charge < -0.3 is 44.5 Å². The number of carboxylic acids is 3. The van der Waals surface area contributed by atoms with Crippen molar-refractivity contribution in [3.05, 3.63) is 101 Å². The summed E-state index contributed by atoms with van der Waals surface area (Å²) in [5.74, 6) is -5.38. The van der Waals surface area contributed by atoms with Crippen molar-refractivity contribution < 1.29 is 63.0 Å². The molecule has 3 aromatic rings. The molecule has 0 bridgehead atoms. The van der Waals surface area contributed by atoms with Gasteiger partial charge >= 0.3 is 29.8 Å². The Labute approximate surface area is 322 Å². The highest BCUT2D eigenvalue weighted by molar-refractivity contribution is 5.97. The molecule has 0 saturated carbocycles. The van der Waals surface area contributed by atoms with Crippen molar-refractivity contribution in [2.45, 2.75) is 63.5 Å². The monoisotopic (exact) mass is 773 g/mol. The van der Waals surface area contributed by atoms with Gasteiger partial charge in [0.2, 0.25) is 0 Å². The average molecular weight is 774 g/mol. The predicted molar refractivity (Wildman–Crippen MR) is 197 cm³/mol. The molecule has 5 rings (SSSR count). The Balaban J connectivity index is 0.000000273. The maximum absolute atomic E-state index is 13.3. The van der Waals surface area contributed by atoms with Crippen LogP contribution < -0.4 is 14.8 Å². The number of aromatic carboxylic acids is 1. The lowest BCUT2D eigenvalue weighted by molar-refractivity contribution is -0.158. The van der Waals surface area contributed by atoms with Crippen LogP contribution in [0.15, 0.2) is 78.9 Å². The standard InChI is InChI=1S/C26H28N2O6.C14H15NO7/c1-26(2,3)34-22(29)15-20-21(33-19-13-11-18(27-4)12-14-19)16-28(23(20)25(31)32-5)24(30)17-9-7-6-8-10-17;16-11(17)5-9-10(6-15-12(9)14(20)21)22-8-3-1-7(2-4-8)13(18)19/h6-14,20-21,23H,15-16H2,1-3,5H3;1-4,9-10,12,15H,5-6H2,(H,16,17)(H,18,19)(H,20,21)/t20-,21+,23-;9-,10+,12-/m00/s1. The van der Waals surface area contributed by atoms with E-state index in [1.165, 1.54) is 36.3 Å². The first kappa shape index (κ1) is 42.3. The fourth-order valence-electron chi connectivity index (χ4n) is 6.44. The van der Waals surface area contributed by atoms with E-state index >= 15 is 0 Å². The molecular formula is C40H43N3O13. The SMILES string of the molecule is O=C(O)C[C@@H]1[C@@H](C(=O)O)NC[C@H]1Oc1ccc(C(=O)O)cc1.[C-]#[N+]c1ccc(O[C@@H]2CN(C(=O)c3ccccc3)[C@H](C(=O)OC)[C@H]2CC(=O)OC(C)(C)C)cc1. The minimum absolute atomic E-state index is 0.0749. The van der Waals surface area contributed by atoms with Crippen LogP contribution >= 0.6 is 0 Å². The van der Waals surface area contributed by atoms with Gasteiger partial charge in [-0.05, 0) is 69.3 Å². The van der Waals surface area contributed by atoms with Crippen LogP contribution in [0.3, 0.4) is 0 Å². The largest absolute Gasteiger partial charge is 0.489 e. The first-order valence-electron chi connectivity index (χ1n) is 17.5. The van der Waals surface area contributed by atoms with Crippen molar-refractivity contribution in [2.75, 3.05) is 20.2 Å². The summed E-state index contributed by atoms with van der Waals surface area (Å²) >= 11 is 0. The van der Waals surface area contributed by atoms with Crippen molar-refractivity contribution in [3.8, 4) is 11.5 Å². The Hall–Kier alpha value is -6.47. The van der Waals surface area contributed by atoms with Crippen LogP contribution in [0.5, 0.6) is 11.5 Å². The number of carboxylic acid groups (broad SMARTS) is 3. The van der Waals surface area contributed by atoms with Crippen LogP contribution in [0, 0.1) is 18.4 Å². The number of nitrogens with one attached hydrogen (secondary N) is 1. The number of ether oxygens (including phenoxy) is 4. The van der Waals surface area contributed by atoms with E-state index in [2.05, 4.69) is 10.2 Å². The van der Waals surface area contributed by atoms with Gasteiger partial charge in [-0.15, -0.1) is 0 Å². The van der Waals surface area contributed by atoms with Crippen molar-refractivity contribution in [3.63, 3.8) is 0 Å². The van der Waals surface area contributed by atoms with Gasteiger partial charge in [0.25, 0.3) is 5.91 Å². The predicted octanol–water partition coefficient (Wildman–Crippen LogP) is 4.31. The highest BCUT2D eigenvalue weighted by Gasteiger charge is 2.51. The highest BCUT2D eigenvalue weighted by atomic mass is 16.6. The zero-order valence-corrected chi connectivity index (χ0v) is 31.1. The van der Waals surface area contributed by atoms with E-state index in [4.69, 9.17) is 40.8 Å². The van der Waals surface area contributed by atoms with Crippen molar-refractivity contribution in [2.24, 2.45) is 11.8 Å². The van der Waals surface area contributed by atoms with E-state index in [9.17, 15) is 28.8 Å². The van der Waals surface area contributed by atoms with Gasteiger partial charge in [-0.3, -0.25) is 19.2 Å². The van der Waals surface area contributed by atoms with Crippen LogP contribution in [0.2, 0.25) is 0 Å². The van der Waals surface area contributed by atoms with E-state index in [0.29, 0.717) is 22.7 Å². The second kappa shape index (κ2) is 18.7. The van der Waals surface area contributed by atoms with Gasteiger partial charge in [-0.25, -0.2) is 14.4 Å². The molecule has 6 atom stereocenters. The first-order valence-corrected chi connectivity index (χ1v) is 17.5. The molecular weight excluding hydrogens is 730 g/mol. The summed E-state index contributed by atoms with van der Waals surface area (Å²) in [6.07, 6.45) is -1.77. The Morgan fingerprint density at radius 2 is 1.39 bits per heavy atom. The highest BCUT2D eigenvalue weighted by Crippen LogP contribution is 2.34. The second-order valence-corrected chi connectivity index (χ2v) is 14.0. The molecule has 16 heteroatoms. The summed E-state index contributed by atoms with van der Waals surface area (Å²) in [6.45, 7) is 12.7. The maximum Gasteiger partial charge on any atom is 0.335 e. The number of carbonyl (C=O) groups excluding carboxylic acids is 3. The minimum atomic E-state index is -1.13. The van der Waals surface area contributed by atoms with Crippen LogP contribution in [0.1, 0.15) is 54.3 Å². The van der Waals surface area contributed by atoms with Gasteiger partial charge in [0.05, 0.1) is 38.6 Å². The van der Waals surface area contributed by atoms with E-state index in [1.54, 1.807) is 75.4 Å². The number of nitrogens with zero attached hydrogens (tertiary/aromatic N) is 2. The zero-order valence-electron chi connectivity index (χ0n) is 31.1. The summed E-state index contributed by atoms with van der Waals surface area (Å²) in [5.41, 5.74) is 0.261. The molecule has 0 spiro atoms. The Kier molecular flexibility index (Phi) is 14.1. The number of hydrogen-bond donors (Lipinski definition) is 4. The maximum atomic E-state index is 13.3. The summed E-state index contributed by atoms with van der Waals surface area (Å²) in [7, 11) is 1.25. The van der Waals surface area contributed by atoms with Gasteiger partial charge in [-0.2, -0.15) is 0 Å². The molecule has 2 saturated heterocycles. The molecule has 0 aromatic heterocycles. The summed E-state index contributed by atoms with van der Waals surface area (Å²) < 4.78 is 22.3. The molecule has 296 valence electrons. The second-order valence-electron chi connectivity index (χ2n) is 14.0. The number of esters is 2. The lowest BCUT2D eigenvalue weighted by Crippen LogP contribution is -2.44. The molecule has 0 aliphatic carbocycles. The normalized spacial score (nSPS) is 21.4. The molecule has 2 aliphatic heterocycles. The van der Waals surface area contributed by atoms with Crippen LogP contribution in [-0.2, 0) is 28.7 Å². The number of benzene rings is 3. The van der Waals surface area contributed by atoms with Gasteiger partial charge in [0.15, 0.2) is 5.69 Å². The number of hydrogen-bond acceptors (Lipinski definition) is 11. The van der Waals surface area contributed by atoms with Crippen LogP contribution in [-0.4, -0.2) is 106 Å². The fourth-order valence-corrected chi connectivity index (χ4v) is 6.44. The number of carbonyl (C=O) groups is 6. The number of amides is 1. The third-order valence-corrected chi connectivity index (χ3v) is 8.91. The van der Waals surface area contributed by atoms with Crippen LogP contribution in [0.4, 0.5) is 5.69 Å². The molecule has 0 unspecified atom stereocenters. The minimum Gasteiger partial charge on any atom is -0.489 e. The Bertz CT molecular complexity index is 1920. The van der Waals surface area contributed by atoms with E-state index in [1.807, 2.05) is 0 Å². The van der Waals surface area contributed by atoms with Crippen molar-refractivity contribution in [1.29, 1.82) is 0 Å². The quantitative estimate of drug-likeness (QED) is 0.149. The molecule has 4 N–H and O–H groups in total. The summed E-state index contributed by atoms with van der Waals surface area (Å²) in [5, 5.41) is 29.6. The Morgan fingerprint density at radius 3 is 1.91 bits per heavy atom. The lowest BCUT2D eigenvalue weighted by atomic mass is 9.93. The Morgan fingerprint density at radius 1 is 0.804 bits per heavy atom. The molecule has 1 amide bonds. The molecule has 2 fully saturated rings. The molecule has 2 heterocycles. The van der Waals surface area contributed by atoms with Crippen molar-refractivity contribution >= 4 is 41.4 Å². The number of rotatable bonds is 12. The molecule has 0 radical (unpaired) electrons. The third-order valence-electron chi connectivity index (χ3n) is 8.91. The number of methoxy groups -OCH3 is 1. The van der Waals surface area contributed by atoms with E-state index < -0.39 is 71.6 Å². The summed E-state index contributed by atoms with van der Waals surface area (Å²) in [4.78, 5) is 76.5. The average Bonchev–Trinajstić information content (AvgIpc) is 3.71. The molecule has 56 heavy (non-hydrogen) atoms. The van der Waals surface area contributed by atoms with Crippen LogP contribution in [0.25, 0.3) is 4.85 Å². The number of likely N-dealkylation sites (tertiary alicyclic amines) is 1. The van der Waals surface area contributed by atoms with Crippen molar-refractivity contribution in [1.82, 2.24) is 10.2 Å². The third kappa shape index (κ3) is 11.3. The van der Waals surface area contributed by atoms with E-state index in [0.717, 1.165) is 0 Å². The van der Waals surface area contributed by atoms with Gasteiger partial charge in [0, 0.05) is 23.9 Å². The molecule has 3 aromatic carbocycles. The van der Waals surface area contributed by atoms with E-state index in [-0.39, 0.29) is 37.4 Å². The first-order chi connectivity index (χ1) is 26.5. The lowest BCUT2D eigenvalue weighted by Gasteiger charge is -2.27. The number of aliphatic carboxylic acids is 2.